The predicted molar refractivity (Wildman–Crippen MR) is 76.8 cm³/mol. The van der Waals surface area contributed by atoms with Crippen molar-refractivity contribution < 1.29 is 9.26 Å². The molecule has 0 fully saturated rings. The van der Waals surface area contributed by atoms with Crippen molar-refractivity contribution in [3.8, 4) is 5.75 Å². The molecule has 1 aromatic heterocycles. The topological polar surface area (TPSA) is 74.2 Å². The average Bonchev–Trinajstić information content (AvgIpc) is 2.86. The Labute approximate surface area is 123 Å². The van der Waals surface area contributed by atoms with Crippen molar-refractivity contribution in [2.45, 2.75) is 39.3 Å². The Hall–Kier alpha value is -1.59. The van der Waals surface area contributed by atoms with Gasteiger partial charge in [-0.25, -0.2) is 0 Å². The highest BCUT2D eigenvalue weighted by atomic mass is 35.5. The van der Waals surface area contributed by atoms with Gasteiger partial charge < -0.3 is 15.0 Å². The highest BCUT2D eigenvalue weighted by Gasteiger charge is 2.11. The third-order valence-electron chi connectivity index (χ3n) is 2.83. The average molecular weight is 296 g/mol. The van der Waals surface area contributed by atoms with Gasteiger partial charge in [-0.3, -0.25) is 0 Å². The van der Waals surface area contributed by atoms with E-state index in [1.54, 1.807) is 12.1 Å². The van der Waals surface area contributed by atoms with E-state index in [4.69, 9.17) is 26.6 Å². The molecule has 5 nitrogen and oxygen atoms in total. The summed E-state index contributed by atoms with van der Waals surface area (Å²) in [5.41, 5.74) is 6.76. The Kier molecular flexibility index (Phi) is 4.62. The van der Waals surface area contributed by atoms with Gasteiger partial charge in [-0.05, 0) is 24.6 Å². The van der Waals surface area contributed by atoms with Gasteiger partial charge in [0, 0.05) is 12.0 Å². The molecule has 1 atom stereocenters. The zero-order valence-electron chi connectivity index (χ0n) is 11.8. The number of hydrogen-bond acceptors (Lipinski definition) is 5. The quantitative estimate of drug-likeness (QED) is 0.914. The number of aromatic nitrogens is 2. The van der Waals surface area contributed by atoms with E-state index in [9.17, 15) is 0 Å². The molecule has 6 heteroatoms. The predicted octanol–water partition coefficient (Wildman–Crippen LogP) is 3.45. The minimum atomic E-state index is -0.0638. The highest BCUT2D eigenvalue weighted by molar-refractivity contribution is 6.32. The molecule has 0 radical (unpaired) electrons. The normalized spacial score (nSPS) is 12.7. The van der Waals surface area contributed by atoms with E-state index in [-0.39, 0.29) is 18.6 Å². The zero-order valence-corrected chi connectivity index (χ0v) is 12.5. The van der Waals surface area contributed by atoms with Crippen molar-refractivity contribution in [2.75, 3.05) is 0 Å². The van der Waals surface area contributed by atoms with E-state index in [1.165, 1.54) is 0 Å². The molecule has 0 spiro atoms. The molecular weight excluding hydrogens is 278 g/mol. The van der Waals surface area contributed by atoms with Crippen LogP contribution in [0, 0.1) is 0 Å². The summed E-state index contributed by atoms with van der Waals surface area (Å²) in [5.74, 6) is 1.89. The maximum atomic E-state index is 6.15. The first kappa shape index (κ1) is 14.8. The molecule has 0 aliphatic carbocycles. The summed E-state index contributed by atoms with van der Waals surface area (Å²) in [4.78, 5) is 4.23. The second-order valence-corrected chi connectivity index (χ2v) is 5.38. The summed E-state index contributed by atoms with van der Waals surface area (Å²) < 4.78 is 10.7. The Morgan fingerprint density at radius 3 is 2.65 bits per heavy atom. The fourth-order valence-corrected chi connectivity index (χ4v) is 1.86. The smallest absolute Gasteiger partial charge is 0.264 e. The Balaban J connectivity index is 2.03. The van der Waals surface area contributed by atoms with Gasteiger partial charge in [0.05, 0.1) is 5.02 Å². The molecule has 2 aromatic rings. The molecule has 0 unspecified atom stereocenters. The zero-order chi connectivity index (χ0) is 14.7. The van der Waals surface area contributed by atoms with Gasteiger partial charge in [-0.2, -0.15) is 4.98 Å². The van der Waals surface area contributed by atoms with Crippen LogP contribution in [-0.4, -0.2) is 10.1 Å². The lowest BCUT2D eigenvalue weighted by molar-refractivity contribution is 0.242. The Bertz CT molecular complexity index is 582. The van der Waals surface area contributed by atoms with Crippen molar-refractivity contribution in [1.29, 1.82) is 0 Å². The van der Waals surface area contributed by atoms with E-state index in [0.717, 1.165) is 5.56 Å². The third kappa shape index (κ3) is 3.49. The fraction of sp³-hybridized carbons (Fsp3) is 0.429. The minimum absolute atomic E-state index is 0.0638. The van der Waals surface area contributed by atoms with Gasteiger partial charge in [0.2, 0.25) is 0 Å². The lowest BCUT2D eigenvalue weighted by atomic mass is 10.1. The van der Waals surface area contributed by atoms with Crippen LogP contribution in [-0.2, 0) is 6.61 Å². The molecular formula is C14H18ClN3O2. The first-order valence-electron chi connectivity index (χ1n) is 6.47. The standard InChI is InChI=1S/C14H18ClN3O2/c1-8(2)14-17-13(20-18-14)7-19-12-5-4-10(9(3)16)6-11(12)15/h4-6,8-9H,7,16H2,1-3H3/t9-/m0/s1. The molecule has 0 saturated carbocycles. The maximum absolute atomic E-state index is 6.15. The van der Waals surface area contributed by atoms with Crippen molar-refractivity contribution >= 4 is 11.6 Å². The van der Waals surface area contributed by atoms with Crippen LogP contribution in [0.3, 0.4) is 0 Å². The second-order valence-electron chi connectivity index (χ2n) is 4.97. The van der Waals surface area contributed by atoms with Crippen molar-refractivity contribution in [3.05, 3.63) is 40.5 Å². The van der Waals surface area contributed by atoms with E-state index in [2.05, 4.69) is 10.1 Å². The van der Waals surface area contributed by atoms with Crippen LogP contribution < -0.4 is 10.5 Å². The van der Waals surface area contributed by atoms with E-state index in [1.807, 2.05) is 26.8 Å². The Morgan fingerprint density at radius 1 is 1.35 bits per heavy atom. The van der Waals surface area contributed by atoms with Crippen LogP contribution in [0.25, 0.3) is 0 Å². The van der Waals surface area contributed by atoms with Crippen molar-refractivity contribution in [3.63, 3.8) is 0 Å². The van der Waals surface area contributed by atoms with Crippen LogP contribution in [0.5, 0.6) is 5.75 Å². The molecule has 0 amide bonds. The molecule has 2 rings (SSSR count). The van der Waals surface area contributed by atoms with Gasteiger partial charge in [-0.1, -0.05) is 36.7 Å². The van der Waals surface area contributed by atoms with Crippen molar-refractivity contribution in [1.82, 2.24) is 10.1 Å². The molecule has 1 heterocycles. The molecule has 20 heavy (non-hydrogen) atoms. The molecule has 2 N–H and O–H groups in total. The highest BCUT2D eigenvalue weighted by Crippen LogP contribution is 2.28. The van der Waals surface area contributed by atoms with Gasteiger partial charge in [0.15, 0.2) is 12.4 Å². The molecule has 0 aliphatic rings. The van der Waals surface area contributed by atoms with E-state index < -0.39 is 0 Å². The first-order valence-corrected chi connectivity index (χ1v) is 6.85. The summed E-state index contributed by atoms with van der Waals surface area (Å²) >= 11 is 6.15. The molecule has 0 aliphatic heterocycles. The number of nitrogens with zero attached hydrogens (tertiary/aromatic N) is 2. The second kappa shape index (κ2) is 6.24. The van der Waals surface area contributed by atoms with Gasteiger partial charge >= 0.3 is 0 Å². The number of halogens is 1. The summed E-state index contributed by atoms with van der Waals surface area (Å²) in [6, 6.07) is 5.42. The molecule has 1 aromatic carbocycles. The molecule has 0 bridgehead atoms. The lowest BCUT2D eigenvalue weighted by Gasteiger charge is -2.09. The van der Waals surface area contributed by atoms with Crippen LogP contribution in [0.2, 0.25) is 5.02 Å². The monoisotopic (exact) mass is 295 g/mol. The lowest BCUT2D eigenvalue weighted by Crippen LogP contribution is -2.05. The van der Waals surface area contributed by atoms with E-state index in [0.29, 0.717) is 22.5 Å². The summed E-state index contributed by atoms with van der Waals surface area (Å²) in [5, 5.41) is 4.39. The number of ether oxygens (including phenoxy) is 1. The summed E-state index contributed by atoms with van der Waals surface area (Å²) in [6.07, 6.45) is 0. The van der Waals surface area contributed by atoms with Gasteiger partial charge in [-0.15, -0.1) is 0 Å². The maximum Gasteiger partial charge on any atom is 0.264 e. The van der Waals surface area contributed by atoms with Crippen LogP contribution in [0.4, 0.5) is 0 Å². The van der Waals surface area contributed by atoms with E-state index >= 15 is 0 Å². The molecule has 0 saturated heterocycles. The number of benzene rings is 1. The Morgan fingerprint density at radius 2 is 2.10 bits per heavy atom. The van der Waals surface area contributed by atoms with Crippen molar-refractivity contribution in [2.24, 2.45) is 5.73 Å². The third-order valence-corrected chi connectivity index (χ3v) is 3.13. The van der Waals surface area contributed by atoms with Gasteiger partial charge in [0.1, 0.15) is 5.75 Å². The van der Waals surface area contributed by atoms with Gasteiger partial charge in [0.25, 0.3) is 5.89 Å². The number of hydrogen-bond donors (Lipinski definition) is 1. The minimum Gasteiger partial charge on any atom is -0.482 e. The molecule has 108 valence electrons. The SMILES string of the molecule is CC(C)c1noc(COc2ccc([C@H](C)N)cc2Cl)n1. The van der Waals surface area contributed by atoms with Crippen LogP contribution >= 0.6 is 11.6 Å². The van der Waals surface area contributed by atoms with Crippen LogP contribution in [0.1, 0.15) is 50.0 Å². The summed E-state index contributed by atoms with van der Waals surface area (Å²) in [7, 11) is 0. The number of rotatable bonds is 5. The largest absolute Gasteiger partial charge is 0.482 e. The van der Waals surface area contributed by atoms with Crippen LogP contribution in [0.15, 0.2) is 22.7 Å². The first-order chi connectivity index (χ1) is 9.47. The number of nitrogens with two attached hydrogens (primary N) is 1. The fourth-order valence-electron chi connectivity index (χ4n) is 1.62. The summed E-state index contributed by atoms with van der Waals surface area (Å²) in [6.45, 7) is 6.09.